The van der Waals surface area contributed by atoms with E-state index in [9.17, 15) is 19.7 Å². The molecule has 8 heteroatoms. The van der Waals surface area contributed by atoms with Gasteiger partial charge in [0.2, 0.25) is 5.91 Å². The van der Waals surface area contributed by atoms with Crippen LogP contribution in [0.1, 0.15) is 62.7 Å². The molecule has 2 rings (SSSR count). The van der Waals surface area contributed by atoms with Gasteiger partial charge in [0.1, 0.15) is 5.75 Å². The number of carboxylic acids is 1. The first-order valence-electron chi connectivity index (χ1n) is 10.4. The second kappa shape index (κ2) is 11.7. The normalized spacial score (nSPS) is 10.5. The van der Waals surface area contributed by atoms with Crippen LogP contribution < -0.4 is 10.1 Å². The number of carbonyl (C=O) groups excluding carboxylic acids is 1. The second-order valence-electron chi connectivity index (χ2n) is 7.30. The first-order chi connectivity index (χ1) is 14.8. The Hall–Kier alpha value is -3.42. The molecule has 0 saturated heterocycles. The fourth-order valence-corrected chi connectivity index (χ4v) is 3.21. The molecule has 8 nitrogen and oxygen atoms in total. The Labute approximate surface area is 181 Å². The van der Waals surface area contributed by atoms with E-state index in [0.29, 0.717) is 17.9 Å². The van der Waals surface area contributed by atoms with Crippen molar-refractivity contribution in [3.63, 3.8) is 0 Å². The largest absolute Gasteiger partial charge is 0.491 e. The molecule has 0 radical (unpaired) electrons. The number of hydrogen-bond donors (Lipinski definition) is 2. The van der Waals surface area contributed by atoms with Gasteiger partial charge >= 0.3 is 5.97 Å². The second-order valence-corrected chi connectivity index (χ2v) is 7.30. The molecule has 2 aromatic carbocycles. The van der Waals surface area contributed by atoms with E-state index in [1.165, 1.54) is 62.6 Å². The van der Waals surface area contributed by atoms with Gasteiger partial charge in [0, 0.05) is 6.92 Å². The molecule has 0 unspecified atom stereocenters. The molecule has 0 fully saturated rings. The maximum atomic E-state index is 11.7. The Morgan fingerprint density at radius 1 is 1.06 bits per heavy atom. The molecular weight excluding hydrogens is 400 g/mol. The number of anilines is 1. The maximum absolute atomic E-state index is 11.7. The first-order valence-corrected chi connectivity index (χ1v) is 10.4. The highest BCUT2D eigenvalue weighted by atomic mass is 16.6. The summed E-state index contributed by atoms with van der Waals surface area (Å²) >= 11 is 0. The van der Waals surface area contributed by atoms with Crippen LogP contribution in [0.15, 0.2) is 36.4 Å². The highest BCUT2D eigenvalue weighted by molar-refractivity contribution is 5.93. The SMILES string of the molecule is CCCCCCCCOc1cc([N+](=O)[O-])c(-c2ccc(C(=O)O)cc2)cc1NC(C)=O. The molecule has 0 aliphatic carbocycles. The van der Waals surface area contributed by atoms with Crippen molar-refractivity contribution in [1.29, 1.82) is 0 Å². The average molecular weight is 428 g/mol. The minimum atomic E-state index is -1.08. The van der Waals surface area contributed by atoms with Crippen molar-refractivity contribution >= 4 is 23.3 Å². The summed E-state index contributed by atoms with van der Waals surface area (Å²) in [6, 6.07) is 8.56. The van der Waals surface area contributed by atoms with Crippen molar-refractivity contribution in [2.75, 3.05) is 11.9 Å². The smallest absolute Gasteiger partial charge is 0.335 e. The third-order valence-corrected chi connectivity index (χ3v) is 4.80. The van der Waals surface area contributed by atoms with Gasteiger partial charge in [-0.25, -0.2) is 4.79 Å². The van der Waals surface area contributed by atoms with E-state index >= 15 is 0 Å². The summed E-state index contributed by atoms with van der Waals surface area (Å²) < 4.78 is 5.78. The van der Waals surface area contributed by atoms with Gasteiger partial charge < -0.3 is 15.2 Å². The Bertz CT molecular complexity index is 924. The van der Waals surface area contributed by atoms with Crippen molar-refractivity contribution in [2.45, 2.75) is 52.4 Å². The summed E-state index contributed by atoms with van der Waals surface area (Å²) in [7, 11) is 0. The number of hydrogen-bond acceptors (Lipinski definition) is 5. The lowest BCUT2D eigenvalue weighted by Gasteiger charge is -2.14. The number of nitro groups is 1. The van der Waals surface area contributed by atoms with Gasteiger partial charge in [0.15, 0.2) is 0 Å². The van der Waals surface area contributed by atoms with Crippen LogP contribution in [0.5, 0.6) is 5.75 Å². The van der Waals surface area contributed by atoms with Gasteiger partial charge in [-0.2, -0.15) is 0 Å². The zero-order valence-corrected chi connectivity index (χ0v) is 17.8. The van der Waals surface area contributed by atoms with Crippen LogP contribution in [-0.2, 0) is 4.79 Å². The standard InChI is InChI=1S/C23H28N2O6/c1-3-4-5-6-7-8-13-31-22-15-21(25(29)30)19(14-20(22)24-16(2)26)17-9-11-18(12-10-17)23(27)28/h9-12,14-15H,3-8,13H2,1-2H3,(H,24,26)(H,27,28). The average Bonchev–Trinajstić information content (AvgIpc) is 2.73. The summed E-state index contributed by atoms with van der Waals surface area (Å²) in [6.07, 6.45) is 6.48. The van der Waals surface area contributed by atoms with Crippen LogP contribution in [0, 0.1) is 10.1 Å². The molecule has 0 aromatic heterocycles. The summed E-state index contributed by atoms with van der Waals surface area (Å²) in [6.45, 7) is 3.90. The number of nitro benzene ring substituents is 1. The summed E-state index contributed by atoms with van der Waals surface area (Å²) in [5.74, 6) is -1.18. The van der Waals surface area contributed by atoms with Crippen LogP contribution in [0.4, 0.5) is 11.4 Å². The van der Waals surface area contributed by atoms with E-state index < -0.39 is 10.9 Å². The van der Waals surface area contributed by atoms with Gasteiger partial charge in [-0.3, -0.25) is 14.9 Å². The van der Waals surface area contributed by atoms with E-state index in [4.69, 9.17) is 9.84 Å². The summed E-state index contributed by atoms with van der Waals surface area (Å²) in [4.78, 5) is 33.9. The zero-order valence-electron chi connectivity index (χ0n) is 17.8. The lowest BCUT2D eigenvalue weighted by Crippen LogP contribution is -2.09. The number of aromatic carboxylic acids is 1. The lowest BCUT2D eigenvalue weighted by atomic mass is 10.0. The van der Waals surface area contributed by atoms with E-state index in [2.05, 4.69) is 12.2 Å². The van der Waals surface area contributed by atoms with Gasteiger partial charge in [0.25, 0.3) is 5.69 Å². The van der Waals surface area contributed by atoms with Gasteiger partial charge in [-0.05, 0) is 30.2 Å². The number of carboxylic acid groups (broad SMARTS) is 1. The maximum Gasteiger partial charge on any atom is 0.335 e. The molecule has 0 atom stereocenters. The van der Waals surface area contributed by atoms with E-state index in [1.807, 2.05) is 0 Å². The molecule has 166 valence electrons. The number of carbonyl (C=O) groups is 2. The van der Waals surface area contributed by atoms with E-state index in [1.54, 1.807) is 0 Å². The van der Waals surface area contributed by atoms with Crippen LogP contribution in [0.3, 0.4) is 0 Å². The van der Waals surface area contributed by atoms with Crippen LogP contribution in [0.2, 0.25) is 0 Å². The molecule has 31 heavy (non-hydrogen) atoms. The predicted octanol–water partition coefficient (Wildman–Crippen LogP) is 5.66. The number of unbranched alkanes of at least 4 members (excludes halogenated alkanes) is 5. The van der Waals surface area contributed by atoms with E-state index in [0.717, 1.165) is 19.3 Å². The number of amides is 1. The molecule has 0 saturated carbocycles. The molecular formula is C23H28N2O6. The molecule has 1 amide bonds. The highest BCUT2D eigenvalue weighted by Gasteiger charge is 2.21. The molecule has 0 spiro atoms. The predicted molar refractivity (Wildman–Crippen MR) is 119 cm³/mol. The Balaban J connectivity index is 2.29. The van der Waals surface area contributed by atoms with Crippen LogP contribution >= 0.6 is 0 Å². The fraction of sp³-hybridized carbons (Fsp3) is 0.391. The summed E-state index contributed by atoms with van der Waals surface area (Å²) in [5, 5.41) is 23.4. The van der Waals surface area contributed by atoms with Crippen molar-refractivity contribution in [3.8, 4) is 16.9 Å². The topological polar surface area (TPSA) is 119 Å². The van der Waals surface area contributed by atoms with E-state index in [-0.39, 0.29) is 28.5 Å². The van der Waals surface area contributed by atoms with Crippen molar-refractivity contribution in [2.24, 2.45) is 0 Å². The quantitative estimate of drug-likeness (QED) is 0.256. The number of nitrogens with one attached hydrogen (secondary N) is 1. The van der Waals surface area contributed by atoms with Gasteiger partial charge in [-0.1, -0.05) is 51.2 Å². The third kappa shape index (κ3) is 7.09. The molecule has 0 aliphatic rings. The molecule has 0 aliphatic heterocycles. The minimum absolute atomic E-state index is 0.0763. The number of rotatable bonds is 12. The molecule has 2 aromatic rings. The third-order valence-electron chi connectivity index (χ3n) is 4.80. The molecule has 0 heterocycles. The van der Waals surface area contributed by atoms with Crippen LogP contribution in [0.25, 0.3) is 11.1 Å². The Morgan fingerprint density at radius 2 is 1.71 bits per heavy atom. The monoisotopic (exact) mass is 428 g/mol. The first kappa shape index (κ1) is 23.9. The molecule has 2 N–H and O–H groups in total. The van der Waals surface area contributed by atoms with Gasteiger partial charge in [-0.15, -0.1) is 0 Å². The van der Waals surface area contributed by atoms with Crippen molar-refractivity contribution < 1.29 is 24.4 Å². The van der Waals surface area contributed by atoms with Gasteiger partial charge in [0.05, 0.1) is 34.4 Å². The van der Waals surface area contributed by atoms with Crippen molar-refractivity contribution in [1.82, 2.24) is 0 Å². The minimum Gasteiger partial charge on any atom is -0.491 e. The summed E-state index contributed by atoms with van der Waals surface area (Å²) in [5.41, 5.74) is 0.951. The zero-order chi connectivity index (χ0) is 22.8. The van der Waals surface area contributed by atoms with Crippen molar-refractivity contribution in [3.05, 3.63) is 52.1 Å². The number of ether oxygens (including phenoxy) is 1. The highest BCUT2D eigenvalue weighted by Crippen LogP contribution is 2.39. The fourth-order valence-electron chi connectivity index (χ4n) is 3.21. The number of benzene rings is 2. The Kier molecular flexibility index (Phi) is 8.99. The number of nitrogens with zero attached hydrogens (tertiary/aromatic N) is 1. The molecule has 0 bridgehead atoms. The Morgan fingerprint density at radius 3 is 2.29 bits per heavy atom. The van der Waals surface area contributed by atoms with Crippen LogP contribution in [-0.4, -0.2) is 28.5 Å². The lowest BCUT2D eigenvalue weighted by molar-refractivity contribution is -0.384.